The highest BCUT2D eigenvalue weighted by Gasteiger charge is 2.22. The molecule has 0 atom stereocenters. The van der Waals surface area contributed by atoms with E-state index in [2.05, 4.69) is 70.5 Å². The first kappa shape index (κ1) is 24.7. The molecule has 1 aliphatic rings. The Bertz CT molecular complexity index is 1080. The van der Waals surface area contributed by atoms with Crippen LogP contribution in [0.3, 0.4) is 0 Å². The minimum Gasteiger partial charge on any atom is -0.339 e. The summed E-state index contributed by atoms with van der Waals surface area (Å²) in [5, 5.41) is 0. The molecule has 174 valence electrons. The van der Waals surface area contributed by atoms with Gasteiger partial charge in [0.05, 0.1) is 0 Å². The van der Waals surface area contributed by atoms with E-state index in [0.29, 0.717) is 5.92 Å². The Morgan fingerprint density at radius 3 is 2.42 bits per heavy atom. The smallest absolute Gasteiger partial charge is 0.253 e. The molecule has 1 aromatic heterocycles. The standard InChI is InChI=1S/C30H38N2O/c1-8-9-24(17-23(4)30(5,6)7)26-18-27(20-31-19-26)28-11-10-25(16-22(28)3)29(33)32-14-12-21(2)13-15-32/h8-11,16-21H,4,12-15H2,1-3,5-7H3/b9-8-,24-17+. The van der Waals surface area contributed by atoms with Gasteiger partial charge in [0.25, 0.3) is 5.91 Å². The van der Waals surface area contributed by atoms with Crippen LogP contribution in [0.5, 0.6) is 0 Å². The highest BCUT2D eigenvalue weighted by Crippen LogP contribution is 2.31. The molecule has 3 rings (SSSR count). The van der Waals surface area contributed by atoms with Gasteiger partial charge in [-0.05, 0) is 78.5 Å². The Morgan fingerprint density at radius 1 is 1.12 bits per heavy atom. The van der Waals surface area contributed by atoms with Crippen LogP contribution in [0.25, 0.3) is 16.7 Å². The average molecular weight is 443 g/mol. The zero-order valence-electron chi connectivity index (χ0n) is 21.1. The molecular weight excluding hydrogens is 404 g/mol. The number of amides is 1. The van der Waals surface area contributed by atoms with Crippen molar-refractivity contribution in [3.8, 4) is 11.1 Å². The van der Waals surface area contributed by atoms with Crippen LogP contribution in [0.4, 0.5) is 0 Å². The molecule has 33 heavy (non-hydrogen) atoms. The lowest BCUT2D eigenvalue weighted by Gasteiger charge is -2.30. The summed E-state index contributed by atoms with van der Waals surface area (Å²) in [6.07, 6.45) is 12.3. The molecule has 0 bridgehead atoms. The molecule has 1 amide bonds. The number of nitrogens with zero attached hydrogens (tertiary/aromatic N) is 2. The fraction of sp³-hybridized carbons (Fsp3) is 0.400. The Kier molecular flexibility index (Phi) is 7.73. The molecule has 3 nitrogen and oxygen atoms in total. The van der Waals surface area contributed by atoms with E-state index in [-0.39, 0.29) is 11.3 Å². The first-order chi connectivity index (χ1) is 15.6. The van der Waals surface area contributed by atoms with E-state index >= 15 is 0 Å². The van der Waals surface area contributed by atoms with E-state index in [9.17, 15) is 4.79 Å². The summed E-state index contributed by atoms with van der Waals surface area (Å²) in [4.78, 5) is 19.5. The minimum atomic E-state index is 0.00320. The SMILES string of the molecule is C=C(/C=C(\C=C/C)c1cncc(-c2ccc(C(=O)N3CCC(C)CC3)cc2C)c1)C(C)(C)C. The summed E-state index contributed by atoms with van der Waals surface area (Å²) in [6, 6.07) is 8.21. The second kappa shape index (κ2) is 10.3. The number of allylic oxidation sites excluding steroid dienone is 5. The molecule has 0 aliphatic carbocycles. The number of hydrogen-bond donors (Lipinski definition) is 0. The third-order valence-corrected chi connectivity index (χ3v) is 6.57. The van der Waals surface area contributed by atoms with Crippen molar-refractivity contribution in [2.45, 2.75) is 54.4 Å². The molecule has 2 heterocycles. The van der Waals surface area contributed by atoms with E-state index in [0.717, 1.165) is 64.9 Å². The average Bonchev–Trinajstić information content (AvgIpc) is 2.78. The van der Waals surface area contributed by atoms with Gasteiger partial charge in [0.15, 0.2) is 0 Å². The normalized spacial score (nSPS) is 15.8. The van der Waals surface area contributed by atoms with Gasteiger partial charge < -0.3 is 4.90 Å². The van der Waals surface area contributed by atoms with Crippen LogP contribution in [0.1, 0.15) is 68.9 Å². The van der Waals surface area contributed by atoms with Crippen LogP contribution in [0.15, 0.2) is 67.0 Å². The topological polar surface area (TPSA) is 33.2 Å². The van der Waals surface area contributed by atoms with Crippen LogP contribution >= 0.6 is 0 Å². The molecule has 0 saturated carbocycles. The molecule has 1 saturated heterocycles. The number of piperidine rings is 1. The number of pyridine rings is 1. The van der Waals surface area contributed by atoms with Crippen molar-refractivity contribution in [3.63, 3.8) is 0 Å². The Labute approximate surface area is 199 Å². The lowest BCUT2D eigenvalue weighted by Crippen LogP contribution is -2.37. The number of aromatic nitrogens is 1. The quantitative estimate of drug-likeness (QED) is 0.449. The van der Waals surface area contributed by atoms with Crippen LogP contribution < -0.4 is 0 Å². The second-order valence-electron chi connectivity index (χ2n) is 10.3. The lowest BCUT2D eigenvalue weighted by molar-refractivity contribution is 0.0697. The van der Waals surface area contributed by atoms with Crippen molar-refractivity contribution >= 4 is 11.5 Å². The van der Waals surface area contributed by atoms with Crippen LogP contribution in [-0.4, -0.2) is 28.9 Å². The highest BCUT2D eigenvalue weighted by molar-refractivity contribution is 5.95. The van der Waals surface area contributed by atoms with Gasteiger partial charge in [-0.1, -0.05) is 58.6 Å². The Hall–Kier alpha value is -2.94. The highest BCUT2D eigenvalue weighted by atomic mass is 16.2. The Balaban J connectivity index is 1.90. The van der Waals surface area contributed by atoms with Gasteiger partial charge in [0.2, 0.25) is 0 Å². The van der Waals surface area contributed by atoms with E-state index < -0.39 is 0 Å². The maximum absolute atomic E-state index is 13.0. The van der Waals surface area contributed by atoms with E-state index in [1.165, 1.54) is 0 Å². The van der Waals surface area contributed by atoms with E-state index in [1.54, 1.807) is 0 Å². The van der Waals surface area contributed by atoms with E-state index in [1.807, 2.05) is 42.4 Å². The summed E-state index contributed by atoms with van der Waals surface area (Å²) in [5.41, 5.74) is 7.23. The molecule has 0 unspecified atom stereocenters. The largest absolute Gasteiger partial charge is 0.339 e. The molecule has 1 fully saturated rings. The van der Waals surface area contributed by atoms with Crippen LogP contribution in [-0.2, 0) is 0 Å². The number of rotatable bonds is 5. The van der Waals surface area contributed by atoms with Gasteiger partial charge >= 0.3 is 0 Å². The fourth-order valence-corrected chi connectivity index (χ4v) is 4.07. The third-order valence-electron chi connectivity index (χ3n) is 6.57. The zero-order valence-corrected chi connectivity index (χ0v) is 21.1. The maximum atomic E-state index is 13.0. The van der Waals surface area contributed by atoms with Gasteiger partial charge in [-0.3, -0.25) is 9.78 Å². The van der Waals surface area contributed by atoms with Gasteiger partial charge in [0.1, 0.15) is 0 Å². The predicted octanol–water partition coefficient (Wildman–Crippen LogP) is 7.49. The molecule has 2 aromatic rings. The summed E-state index contributed by atoms with van der Waals surface area (Å²) in [5.74, 6) is 0.849. The van der Waals surface area contributed by atoms with Gasteiger partial charge in [-0.2, -0.15) is 0 Å². The summed E-state index contributed by atoms with van der Waals surface area (Å²) < 4.78 is 0. The summed E-state index contributed by atoms with van der Waals surface area (Å²) in [7, 11) is 0. The van der Waals surface area contributed by atoms with Crippen molar-refractivity contribution in [3.05, 3.63) is 83.7 Å². The van der Waals surface area contributed by atoms with Crippen molar-refractivity contribution in [1.29, 1.82) is 0 Å². The monoisotopic (exact) mass is 442 g/mol. The maximum Gasteiger partial charge on any atom is 0.253 e. The fourth-order valence-electron chi connectivity index (χ4n) is 4.07. The van der Waals surface area contributed by atoms with Gasteiger partial charge in [-0.25, -0.2) is 0 Å². The van der Waals surface area contributed by atoms with Gasteiger partial charge in [-0.15, -0.1) is 0 Å². The molecule has 1 aromatic carbocycles. The minimum absolute atomic E-state index is 0.00320. The van der Waals surface area contributed by atoms with Crippen molar-refractivity contribution < 1.29 is 4.79 Å². The zero-order chi connectivity index (χ0) is 24.2. The predicted molar refractivity (Wildman–Crippen MR) is 140 cm³/mol. The van der Waals surface area contributed by atoms with Crippen LogP contribution in [0, 0.1) is 18.3 Å². The number of likely N-dealkylation sites (tertiary alicyclic amines) is 1. The number of carbonyl (C=O) groups excluding carboxylic acids is 1. The Morgan fingerprint density at radius 2 is 1.82 bits per heavy atom. The van der Waals surface area contributed by atoms with E-state index in [4.69, 9.17) is 0 Å². The molecule has 0 spiro atoms. The first-order valence-electron chi connectivity index (χ1n) is 12.0. The number of benzene rings is 1. The number of hydrogen-bond acceptors (Lipinski definition) is 2. The number of aryl methyl sites for hydroxylation is 1. The lowest BCUT2D eigenvalue weighted by atomic mass is 9.85. The third kappa shape index (κ3) is 6.10. The molecule has 3 heteroatoms. The number of carbonyl (C=O) groups is 1. The first-order valence-corrected chi connectivity index (χ1v) is 12.0. The van der Waals surface area contributed by atoms with Crippen LogP contribution in [0.2, 0.25) is 0 Å². The molecule has 1 aliphatic heterocycles. The van der Waals surface area contributed by atoms with Crippen molar-refractivity contribution in [2.75, 3.05) is 13.1 Å². The molecule has 0 radical (unpaired) electrons. The van der Waals surface area contributed by atoms with Crippen molar-refractivity contribution in [1.82, 2.24) is 9.88 Å². The summed E-state index contributed by atoms with van der Waals surface area (Å²) in [6.45, 7) is 18.8. The van der Waals surface area contributed by atoms with Crippen molar-refractivity contribution in [2.24, 2.45) is 11.3 Å². The second-order valence-corrected chi connectivity index (χ2v) is 10.3. The molecule has 0 N–H and O–H groups in total. The molecular formula is C30H38N2O. The summed E-state index contributed by atoms with van der Waals surface area (Å²) >= 11 is 0. The van der Waals surface area contributed by atoms with Gasteiger partial charge in [0, 0.05) is 42.2 Å².